The Morgan fingerprint density at radius 3 is 2.41 bits per heavy atom. The maximum absolute atomic E-state index is 13.1. The average Bonchev–Trinajstić information content (AvgIpc) is 3.10. The van der Waals surface area contributed by atoms with Gasteiger partial charge in [0.15, 0.2) is 0 Å². The summed E-state index contributed by atoms with van der Waals surface area (Å²) in [4.78, 5) is 27.6. The van der Waals surface area contributed by atoms with E-state index >= 15 is 0 Å². The molecule has 1 unspecified atom stereocenters. The number of ether oxygens (including phenoxy) is 3. The fourth-order valence-electron chi connectivity index (χ4n) is 3.97. The summed E-state index contributed by atoms with van der Waals surface area (Å²) >= 11 is 0. The molecule has 1 atom stereocenters. The van der Waals surface area contributed by atoms with Crippen LogP contribution >= 0.6 is 0 Å². The van der Waals surface area contributed by atoms with Crippen molar-refractivity contribution >= 4 is 17.4 Å². The highest BCUT2D eigenvalue weighted by atomic mass is 16.5. The quantitative estimate of drug-likeness (QED) is 0.210. The van der Waals surface area contributed by atoms with Crippen LogP contribution in [0.2, 0.25) is 0 Å². The second-order valence-corrected chi connectivity index (χ2v) is 8.07. The highest BCUT2D eigenvalue weighted by Crippen LogP contribution is 2.40. The van der Waals surface area contributed by atoms with Crippen LogP contribution in [-0.2, 0) is 14.3 Å². The van der Waals surface area contributed by atoms with E-state index < -0.39 is 17.7 Å². The number of nitrogens with zero attached hydrogens (tertiary/aromatic N) is 1. The summed E-state index contributed by atoms with van der Waals surface area (Å²) in [5.74, 6) is -0.255. The number of ketones is 1. The zero-order valence-corrected chi connectivity index (χ0v) is 20.1. The average molecular weight is 468 g/mol. The van der Waals surface area contributed by atoms with Crippen LogP contribution in [0.3, 0.4) is 0 Å². The summed E-state index contributed by atoms with van der Waals surface area (Å²) in [7, 11) is 1.59. The van der Waals surface area contributed by atoms with Crippen LogP contribution in [0.25, 0.3) is 5.76 Å². The molecule has 0 spiro atoms. The number of aliphatic hydroxyl groups excluding tert-OH is 1. The third kappa shape index (κ3) is 5.78. The first-order valence-electron chi connectivity index (χ1n) is 11.7. The van der Waals surface area contributed by atoms with E-state index in [9.17, 15) is 14.7 Å². The minimum atomic E-state index is -0.711. The molecule has 1 amide bonds. The Kier molecular flexibility index (Phi) is 9.10. The number of amides is 1. The van der Waals surface area contributed by atoms with Crippen LogP contribution in [0.15, 0.2) is 54.1 Å². The Morgan fingerprint density at radius 1 is 0.971 bits per heavy atom. The van der Waals surface area contributed by atoms with E-state index in [1.165, 1.54) is 4.90 Å². The van der Waals surface area contributed by atoms with Crippen molar-refractivity contribution in [2.45, 2.75) is 39.2 Å². The summed E-state index contributed by atoms with van der Waals surface area (Å²) in [6.45, 7) is 5.86. The molecule has 182 valence electrons. The van der Waals surface area contributed by atoms with Gasteiger partial charge in [0, 0.05) is 25.8 Å². The topological polar surface area (TPSA) is 85.3 Å². The third-order valence-corrected chi connectivity index (χ3v) is 5.67. The van der Waals surface area contributed by atoms with E-state index in [4.69, 9.17) is 14.2 Å². The number of aliphatic hydroxyl groups is 1. The number of methoxy groups -OCH3 is 1. The molecule has 7 heteroatoms. The van der Waals surface area contributed by atoms with Crippen LogP contribution in [0.5, 0.6) is 11.5 Å². The van der Waals surface area contributed by atoms with E-state index in [2.05, 4.69) is 6.92 Å². The molecule has 1 aliphatic heterocycles. The van der Waals surface area contributed by atoms with Gasteiger partial charge in [0.05, 0.1) is 24.8 Å². The number of hydrogen-bond donors (Lipinski definition) is 1. The maximum atomic E-state index is 13.1. The molecule has 1 aliphatic rings. The van der Waals surface area contributed by atoms with E-state index in [0.717, 1.165) is 18.4 Å². The molecular formula is C27H33NO6. The largest absolute Gasteiger partial charge is 0.507 e. The smallest absolute Gasteiger partial charge is 0.295 e. The standard InChI is InChI=1S/C27H33NO6/c1-4-6-17-34-22-10-7-9-20(18-22)25(29)23-24(19-11-13-21(14-12-19)33-5-2)28(15-8-16-32-3)27(31)26(23)30/h7,9-14,18,24,29H,4-6,8,15-17H2,1-3H3/b25-23+. The van der Waals surface area contributed by atoms with E-state index in [-0.39, 0.29) is 11.3 Å². The Morgan fingerprint density at radius 2 is 1.74 bits per heavy atom. The molecule has 1 N–H and O–H groups in total. The lowest BCUT2D eigenvalue weighted by Crippen LogP contribution is -2.31. The molecule has 0 aromatic heterocycles. The zero-order chi connectivity index (χ0) is 24.5. The summed E-state index contributed by atoms with van der Waals surface area (Å²) in [5, 5.41) is 11.2. The van der Waals surface area contributed by atoms with Crippen LogP contribution in [0.1, 0.15) is 50.3 Å². The molecule has 1 heterocycles. The molecule has 1 fully saturated rings. The van der Waals surface area contributed by atoms with Crippen molar-refractivity contribution in [3.05, 3.63) is 65.2 Å². The number of hydrogen-bond acceptors (Lipinski definition) is 6. The number of benzene rings is 2. The van der Waals surface area contributed by atoms with Crippen molar-refractivity contribution in [2.24, 2.45) is 0 Å². The second-order valence-electron chi connectivity index (χ2n) is 8.07. The highest BCUT2D eigenvalue weighted by Gasteiger charge is 2.45. The molecule has 0 bridgehead atoms. The van der Waals surface area contributed by atoms with Gasteiger partial charge in [-0.1, -0.05) is 37.6 Å². The summed E-state index contributed by atoms with van der Waals surface area (Å²) in [5.41, 5.74) is 1.22. The normalized spacial score (nSPS) is 17.3. The predicted molar refractivity (Wildman–Crippen MR) is 130 cm³/mol. The first-order valence-corrected chi connectivity index (χ1v) is 11.7. The zero-order valence-electron chi connectivity index (χ0n) is 20.1. The second kappa shape index (κ2) is 12.2. The Balaban J connectivity index is 2.02. The van der Waals surface area contributed by atoms with Crippen molar-refractivity contribution < 1.29 is 28.9 Å². The fraction of sp³-hybridized carbons (Fsp3) is 0.407. The van der Waals surface area contributed by atoms with Crippen LogP contribution in [0, 0.1) is 0 Å². The van der Waals surface area contributed by atoms with Crippen molar-refractivity contribution in [1.82, 2.24) is 4.90 Å². The van der Waals surface area contributed by atoms with Crippen LogP contribution in [-0.4, -0.2) is 55.2 Å². The molecule has 3 rings (SSSR count). The molecule has 0 radical (unpaired) electrons. The lowest BCUT2D eigenvalue weighted by molar-refractivity contribution is -0.140. The molecule has 34 heavy (non-hydrogen) atoms. The number of likely N-dealkylation sites (tertiary alicyclic amines) is 1. The first-order chi connectivity index (χ1) is 16.5. The Bertz CT molecular complexity index is 1010. The number of rotatable bonds is 12. The van der Waals surface area contributed by atoms with Gasteiger partial charge in [0.25, 0.3) is 11.7 Å². The van der Waals surface area contributed by atoms with E-state index in [1.54, 1.807) is 43.5 Å². The fourth-order valence-corrected chi connectivity index (χ4v) is 3.97. The molecule has 0 aliphatic carbocycles. The van der Waals surface area contributed by atoms with Crippen molar-refractivity contribution in [3.63, 3.8) is 0 Å². The van der Waals surface area contributed by atoms with Gasteiger partial charge < -0.3 is 24.2 Å². The van der Waals surface area contributed by atoms with Gasteiger partial charge in [-0.2, -0.15) is 0 Å². The summed E-state index contributed by atoms with van der Waals surface area (Å²) in [6.07, 6.45) is 2.49. The first kappa shape index (κ1) is 25.3. The van der Waals surface area contributed by atoms with Crippen molar-refractivity contribution in [1.29, 1.82) is 0 Å². The highest BCUT2D eigenvalue weighted by molar-refractivity contribution is 6.46. The monoisotopic (exact) mass is 467 g/mol. The van der Waals surface area contributed by atoms with Gasteiger partial charge >= 0.3 is 0 Å². The minimum Gasteiger partial charge on any atom is -0.507 e. The SMILES string of the molecule is CCCCOc1cccc(/C(O)=C2\C(=O)C(=O)N(CCCOC)C2c2ccc(OCC)cc2)c1. The van der Waals surface area contributed by atoms with Crippen molar-refractivity contribution in [2.75, 3.05) is 33.5 Å². The predicted octanol–water partition coefficient (Wildman–Crippen LogP) is 4.72. The van der Waals surface area contributed by atoms with Gasteiger partial charge in [-0.15, -0.1) is 0 Å². The molecule has 0 saturated carbocycles. The van der Waals surface area contributed by atoms with Gasteiger partial charge in [0.1, 0.15) is 17.3 Å². The van der Waals surface area contributed by atoms with Crippen LogP contribution in [0.4, 0.5) is 0 Å². The Labute approximate surface area is 200 Å². The molecule has 7 nitrogen and oxygen atoms in total. The number of Topliss-reactive ketones (excluding diaryl/α,β-unsaturated/α-hetero) is 1. The third-order valence-electron chi connectivity index (χ3n) is 5.67. The number of unbranched alkanes of at least 4 members (excludes halogenated alkanes) is 1. The van der Waals surface area contributed by atoms with Gasteiger partial charge in [-0.25, -0.2) is 0 Å². The number of carbonyl (C=O) groups is 2. The minimum absolute atomic E-state index is 0.0669. The van der Waals surface area contributed by atoms with Crippen LogP contribution < -0.4 is 9.47 Å². The molecule has 2 aromatic rings. The van der Waals surface area contributed by atoms with E-state index in [1.807, 2.05) is 19.1 Å². The lowest BCUT2D eigenvalue weighted by Gasteiger charge is -2.25. The van der Waals surface area contributed by atoms with E-state index in [0.29, 0.717) is 49.8 Å². The van der Waals surface area contributed by atoms with Gasteiger partial charge in [-0.05, 0) is 49.6 Å². The molecular weight excluding hydrogens is 434 g/mol. The lowest BCUT2D eigenvalue weighted by atomic mass is 9.95. The molecule has 1 saturated heterocycles. The van der Waals surface area contributed by atoms with Crippen molar-refractivity contribution in [3.8, 4) is 11.5 Å². The maximum Gasteiger partial charge on any atom is 0.295 e. The summed E-state index contributed by atoms with van der Waals surface area (Å²) in [6, 6.07) is 13.5. The van der Waals surface area contributed by atoms with Gasteiger partial charge in [-0.3, -0.25) is 9.59 Å². The summed E-state index contributed by atoms with van der Waals surface area (Å²) < 4.78 is 16.4. The molecule has 2 aromatic carbocycles. The van der Waals surface area contributed by atoms with Gasteiger partial charge in [0.2, 0.25) is 0 Å². The Hall–Kier alpha value is -3.32. The number of carbonyl (C=O) groups excluding carboxylic acids is 2.